The molecule has 2 amide bonds. The summed E-state index contributed by atoms with van der Waals surface area (Å²) >= 11 is 0. The number of hydrogen-bond acceptors (Lipinski definition) is 4. The summed E-state index contributed by atoms with van der Waals surface area (Å²) in [6.45, 7) is 3.82. The van der Waals surface area contributed by atoms with E-state index in [1.54, 1.807) is 29.6 Å². The van der Waals surface area contributed by atoms with Gasteiger partial charge in [-0.1, -0.05) is 38.1 Å². The standard InChI is InChI=1S/C23H19FN2O4/c1-11(2)18-16-17(22(30)26(21(16)29)13-9-7-12(24)8-10-13)23(25-18)19(27)14-5-3-4-6-15(14)20(23)28/h3-11,16-18,25H,1-2H3/p+1/t16-,17+,18-/m1/s1. The van der Waals surface area contributed by atoms with Gasteiger partial charge in [0.25, 0.3) is 0 Å². The van der Waals surface area contributed by atoms with Crippen LogP contribution in [0.2, 0.25) is 0 Å². The maximum absolute atomic E-state index is 13.5. The number of fused-ring (bicyclic) bond motifs is 3. The first-order valence-corrected chi connectivity index (χ1v) is 9.97. The summed E-state index contributed by atoms with van der Waals surface area (Å²) < 4.78 is 13.4. The fourth-order valence-corrected chi connectivity index (χ4v) is 5.38. The van der Waals surface area contributed by atoms with Crippen molar-refractivity contribution in [1.82, 2.24) is 0 Å². The molecule has 2 saturated heterocycles. The Morgan fingerprint density at radius 1 is 0.900 bits per heavy atom. The summed E-state index contributed by atoms with van der Waals surface area (Å²) in [5.41, 5.74) is -0.830. The van der Waals surface area contributed by atoms with Gasteiger partial charge in [0.2, 0.25) is 28.9 Å². The van der Waals surface area contributed by atoms with Gasteiger partial charge in [0.05, 0.1) is 5.69 Å². The average molecular weight is 407 g/mol. The number of nitrogens with zero attached hydrogens (tertiary/aromatic N) is 1. The van der Waals surface area contributed by atoms with E-state index in [1.807, 2.05) is 13.8 Å². The second kappa shape index (κ2) is 6.15. The summed E-state index contributed by atoms with van der Waals surface area (Å²) in [5, 5.41) is 1.66. The number of nitrogens with two attached hydrogens (primary N) is 1. The van der Waals surface area contributed by atoms with Gasteiger partial charge >= 0.3 is 0 Å². The minimum absolute atomic E-state index is 0.0499. The zero-order chi connectivity index (χ0) is 21.4. The van der Waals surface area contributed by atoms with Crippen molar-refractivity contribution in [3.8, 4) is 0 Å². The molecule has 2 heterocycles. The van der Waals surface area contributed by atoms with E-state index in [2.05, 4.69) is 0 Å². The Morgan fingerprint density at radius 3 is 2.00 bits per heavy atom. The lowest BCUT2D eigenvalue weighted by Gasteiger charge is -2.26. The number of amides is 2. The van der Waals surface area contributed by atoms with Crippen molar-refractivity contribution in [2.45, 2.75) is 25.4 Å². The minimum Gasteiger partial charge on any atom is -0.324 e. The van der Waals surface area contributed by atoms with Crippen molar-refractivity contribution in [3.63, 3.8) is 0 Å². The molecule has 0 unspecified atom stereocenters. The van der Waals surface area contributed by atoms with Crippen LogP contribution in [-0.4, -0.2) is 35.0 Å². The number of halogens is 1. The first-order chi connectivity index (χ1) is 14.3. The highest BCUT2D eigenvalue weighted by molar-refractivity contribution is 6.36. The molecule has 5 rings (SSSR count). The van der Waals surface area contributed by atoms with Crippen LogP contribution in [0.1, 0.15) is 34.6 Å². The maximum atomic E-state index is 13.5. The molecule has 2 N–H and O–H groups in total. The number of rotatable bonds is 2. The number of ketones is 2. The number of carbonyl (C=O) groups excluding carboxylic acids is 4. The Balaban J connectivity index is 1.67. The summed E-state index contributed by atoms with van der Waals surface area (Å²) in [5.74, 6) is -4.28. The average Bonchev–Trinajstić information content (AvgIpc) is 3.29. The van der Waals surface area contributed by atoms with Crippen LogP contribution in [0.3, 0.4) is 0 Å². The number of benzene rings is 2. The van der Waals surface area contributed by atoms with Crippen molar-refractivity contribution in [2.24, 2.45) is 17.8 Å². The summed E-state index contributed by atoms with van der Waals surface area (Å²) in [6.07, 6.45) is 0. The summed E-state index contributed by atoms with van der Waals surface area (Å²) in [7, 11) is 0. The highest BCUT2D eigenvalue weighted by Gasteiger charge is 2.77. The number of anilines is 1. The van der Waals surface area contributed by atoms with Gasteiger partial charge in [-0.15, -0.1) is 0 Å². The van der Waals surface area contributed by atoms with E-state index in [9.17, 15) is 23.6 Å². The molecule has 0 bridgehead atoms. The van der Waals surface area contributed by atoms with Gasteiger partial charge in [-0.25, -0.2) is 9.29 Å². The van der Waals surface area contributed by atoms with Gasteiger partial charge in [-0.05, 0) is 24.3 Å². The van der Waals surface area contributed by atoms with Gasteiger partial charge < -0.3 is 5.32 Å². The molecule has 3 aliphatic rings. The quantitative estimate of drug-likeness (QED) is 0.601. The van der Waals surface area contributed by atoms with E-state index in [0.29, 0.717) is 11.1 Å². The zero-order valence-corrected chi connectivity index (χ0v) is 16.5. The minimum atomic E-state index is -1.66. The molecule has 1 aliphatic carbocycles. The Hall–Kier alpha value is -3.19. The lowest BCUT2D eigenvalue weighted by molar-refractivity contribution is -0.715. The highest BCUT2D eigenvalue weighted by atomic mass is 19.1. The maximum Gasteiger partial charge on any atom is 0.245 e. The predicted octanol–water partition coefficient (Wildman–Crippen LogP) is 1.35. The van der Waals surface area contributed by atoms with E-state index in [-0.39, 0.29) is 11.6 Å². The first-order valence-electron chi connectivity index (χ1n) is 9.97. The predicted molar refractivity (Wildman–Crippen MR) is 104 cm³/mol. The summed E-state index contributed by atoms with van der Waals surface area (Å²) in [6, 6.07) is 11.2. The molecule has 0 saturated carbocycles. The van der Waals surface area contributed by atoms with Gasteiger partial charge in [0, 0.05) is 17.0 Å². The van der Waals surface area contributed by atoms with Crippen LogP contribution in [0.15, 0.2) is 48.5 Å². The Bertz CT molecular complexity index is 1090. The molecule has 3 atom stereocenters. The lowest BCUT2D eigenvalue weighted by Crippen LogP contribution is -3.02. The van der Waals surface area contributed by atoms with E-state index in [4.69, 9.17) is 0 Å². The number of carbonyl (C=O) groups is 4. The van der Waals surface area contributed by atoms with Crippen molar-refractivity contribution in [3.05, 3.63) is 65.5 Å². The second-order valence-electron chi connectivity index (χ2n) is 8.55. The lowest BCUT2D eigenvalue weighted by atomic mass is 9.76. The third-order valence-electron chi connectivity index (χ3n) is 6.73. The molecule has 2 aromatic carbocycles. The normalized spacial score (nSPS) is 26.8. The van der Waals surface area contributed by atoms with Crippen molar-refractivity contribution >= 4 is 29.1 Å². The molecule has 6 nitrogen and oxygen atoms in total. The van der Waals surface area contributed by atoms with Gasteiger partial charge in [0.1, 0.15) is 23.7 Å². The SMILES string of the molecule is CC(C)[C@H]1[NH2+]C2(C(=O)c3ccccc3C2=O)[C@@H]2C(=O)N(c3ccc(F)cc3)C(=O)[C@@H]12. The monoisotopic (exact) mass is 407 g/mol. The van der Waals surface area contributed by atoms with Crippen LogP contribution < -0.4 is 10.2 Å². The topological polar surface area (TPSA) is 88.1 Å². The molecule has 152 valence electrons. The van der Waals surface area contributed by atoms with E-state index in [0.717, 1.165) is 4.90 Å². The van der Waals surface area contributed by atoms with E-state index < -0.39 is 52.6 Å². The van der Waals surface area contributed by atoms with E-state index >= 15 is 0 Å². The molecule has 1 spiro atoms. The Kier molecular flexibility index (Phi) is 3.86. The first kappa shape index (κ1) is 18.8. The molecule has 0 radical (unpaired) electrons. The van der Waals surface area contributed by atoms with Crippen LogP contribution in [0.4, 0.5) is 10.1 Å². The van der Waals surface area contributed by atoms with Crippen LogP contribution in [0.5, 0.6) is 0 Å². The van der Waals surface area contributed by atoms with E-state index in [1.165, 1.54) is 24.3 Å². The fraction of sp³-hybridized carbons (Fsp3) is 0.304. The van der Waals surface area contributed by atoms with Crippen LogP contribution in [0.25, 0.3) is 0 Å². The van der Waals surface area contributed by atoms with Crippen molar-refractivity contribution < 1.29 is 28.9 Å². The van der Waals surface area contributed by atoms with Gasteiger partial charge in [0.15, 0.2) is 0 Å². The summed E-state index contributed by atoms with van der Waals surface area (Å²) in [4.78, 5) is 54.9. The second-order valence-corrected chi connectivity index (χ2v) is 8.55. The van der Waals surface area contributed by atoms with Gasteiger partial charge in [-0.2, -0.15) is 0 Å². The van der Waals surface area contributed by atoms with Crippen LogP contribution in [0, 0.1) is 23.6 Å². The van der Waals surface area contributed by atoms with Crippen LogP contribution >= 0.6 is 0 Å². The fourth-order valence-electron chi connectivity index (χ4n) is 5.38. The molecule has 2 aromatic rings. The molecule has 2 fully saturated rings. The third kappa shape index (κ3) is 2.15. The molecule has 30 heavy (non-hydrogen) atoms. The van der Waals surface area contributed by atoms with Gasteiger partial charge in [-0.3, -0.25) is 19.2 Å². The third-order valence-corrected chi connectivity index (χ3v) is 6.73. The molecule has 0 aromatic heterocycles. The van der Waals surface area contributed by atoms with Crippen molar-refractivity contribution in [2.75, 3.05) is 4.90 Å². The van der Waals surface area contributed by atoms with Crippen LogP contribution in [-0.2, 0) is 9.59 Å². The Labute approximate surface area is 172 Å². The largest absolute Gasteiger partial charge is 0.324 e. The number of Topliss-reactive ketones (excluding diaryl/α,β-unsaturated/α-hetero) is 2. The molecular weight excluding hydrogens is 387 g/mol. The molecule has 7 heteroatoms. The Morgan fingerprint density at radius 2 is 1.47 bits per heavy atom. The molecule has 2 aliphatic heterocycles. The number of quaternary nitrogens is 1. The molecular formula is C23H20FN2O4+. The van der Waals surface area contributed by atoms with Crippen molar-refractivity contribution in [1.29, 1.82) is 0 Å². The zero-order valence-electron chi connectivity index (χ0n) is 16.5. The number of hydrogen-bond donors (Lipinski definition) is 1. The smallest absolute Gasteiger partial charge is 0.245 e. The number of imide groups is 1. The highest BCUT2D eigenvalue weighted by Crippen LogP contribution is 2.47.